The fraction of sp³-hybridized carbons (Fsp3) is 0.417. The first-order chi connectivity index (χ1) is 8.97. The number of aliphatic hydroxyl groups excluding tert-OH is 1. The van der Waals surface area contributed by atoms with E-state index in [0.29, 0.717) is 11.4 Å². The minimum absolute atomic E-state index is 0. The summed E-state index contributed by atoms with van der Waals surface area (Å²) in [5, 5.41) is 21.9. The minimum Gasteiger partial charge on any atom is -0.550 e. The molecule has 0 aliphatic heterocycles. The van der Waals surface area contributed by atoms with E-state index in [1.54, 1.807) is 19.1 Å². The standard InChI is InChI=1S/C12H16N2O5.K/c1-7-3-4-9(19-2)11(13-7)14-12(18)8(6-15)5-10(16)17;/h3-4,8,15H,5-6H2,1-2H3,(H,16,17)(H,13,14,18);/q;+1/p-1. The van der Waals surface area contributed by atoms with Gasteiger partial charge in [0.2, 0.25) is 5.91 Å². The first-order valence-corrected chi connectivity index (χ1v) is 5.61. The van der Waals surface area contributed by atoms with Crippen molar-refractivity contribution in [1.82, 2.24) is 4.98 Å². The number of anilines is 1. The Labute approximate surface area is 159 Å². The normalized spacial score (nSPS) is 11.2. The van der Waals surface area contributed by atoms with Gasteiger partial charge in [0.1, 0.15) is 0 Å². The molecule has 0 bridgehead atoms. The smallest absolute Gasteiger partial charge is 0.550 e. The molecule has 8 heteroatoms. The summed E-state index contributed by atoms with van der Waals surface area (Å²) in [4.78, 5) is 26.3. The topological polar surface area (TPSA) is 112 Å². The molecule has 1 rings (SSSR count). The predicted molar refractivity (Wildman–Crippen MR) is 64.4 cm³/mol. The molecule has 1 aromatic rings. The van der Waals surface area contributed by atoms with Crippen molar-refractivity contribution in [3.05, 3.63) is 17.8 Å². The Morgan fingerprint density at radius 2 is 2.15 bits per heavy atom. The summed E-state index contributed by atoms with van der Waals surface area (Å²) in [5.74, 6) is -2.60. The Hall–Kier alpha value is -0.514. The summed E-state index contributed by atoms with van der Waals surface area (Å²) in [6.07, 6.45) is -0.559. The van der Waals surface area contributed by atoms with Gasteiger partial charge in [-0.25, -0.2) is 4.98 Å². The Morgan fingerprint density at radius 1 is 1.50 bits per heavy atom. The van der Waals surface area contributed by atoms with Gasteiger partial charge in [-0.1, -0.05) is 0 Å². The van der Waals surface area contributed by atoms with E-state index in [1.807, 2.05) is 0 Å². The Balaban J connectivity index is 0.00000361. The van der Waals surface area contributed by atoms with Crippen molar-refractivity contribution in [3.8, 4) is 5.75 Å². The molecule has 104 valence electrons. The fourth-order valence-electron chi connectivity index (χ4n) is 1.46. The molecule has 0 fully saturated rings. The van der Waals surface area contributed by atoms with Crippen LogP contribution in [-0.4, -0.2) is 35.7 Å². The molecule has 0 saturated heterocycles. The molecular formula is C12H15KN2O5. The van der Waals surface area contributed by atoms with E-state index < -0.39 is 30.8 Å². The number of carboxylic acids is 1. The molecule has 1 heterocycles. The van der Waals surface area contributed by atoms with Gasteiger partial charge >= 0.3 is 51.4 Å². The van der Waals surface area contributed by atoms with Crippen LogP contribution in [0.2, 0.25) is 0 Å². The second-order valence-corrected chi connectivity index (χ2v) is 3.95. The van der Waals surface area contributed by atoms with Gasteiger partial charge in [0.05, 0.1) is 19.6 Å². The van der Waals surface area contributed by atoms with Crippen molar-refractivity contribution in [3.63, 3.8) is 0 Å². The van der Waals surface area contributed by atoms with Crippen LogP contribution in [0, 0.1) is 12.8 Å². The molecule has 0 spiro atoms. The summed E-state index contributed by atoms with van der Waals surface area (Å²) >= 11 is 0. The molecule has 1 atom stereocenters. The molecular weight excluding hydrogens is 291 g/mol. The summed E-state index contributed by atoms with van der Waals surface area (Å²) < 4.78 is 5.03. The number of carbonyl (C=O) groups is 2. The van der Waals surface area contributed by atoms with Crippen LogP contribution in [0.1, 0.15) is 12.1 Å². The average Bonchev–Trinajstić information content (AvgIpc) is 2.35. The van der Waals surface area contributed by atoms with Gasteiger partial charge in [-0.15, -0.1) is 0 Å². The van der Waals surface area contributed by atoms with Gasteiger partial charge in [0.25, 0.3) is 0 Å². The number of carboxylic acid groups (broad SMARTS) is 1. The molecule has 0 radical (unpaired) electrons. The number of aliphatic carboxylic acids is 1. The second kappa shape index (κ2) is 9.43. The van der Waals surface area contributed by atoms with Gasteiger partial charge in [0.15, 0.2) is 11.6 Å². The maximum absolute atomic E-state index is 11.8. The summed E-state index contributed by atoms with van der Waals surface area (Å²) in [6, 6.07) is 3.34. The number of carbonyl (C=O) groups excluding carboxylic acids is 2. The summed E-state index contributed by atoms with van der Waals surface area (Å²) in [7, 11) is 1.42. The van der Waals surface area contributed by atoms with E-state index in [2.05, 4.69) is 10.3 Å². The van der Waals surface area contributed by atoms with Crippen LogP contribution >= 0.6 is 0 Å². The van der Waals surface area contributed by atoms with Crippen molar-refractivity contribution in [2.24, 2.45) is 5.92 Å². The molecule has 0 saturated carbocycles. The third-order valence-corrected chi connectivity index (χ3v) is 2.46. The first kappa shape index (κ1) is 19.5. The largest absolute Gasteiger partial charge is 1.00 e. The Kier molecular flexibility index (Phi) is 9.19. The van der Waals surface area contributed by atoms with Gasteiger partial charge in [-0.2, -0.15) is 0 Å². The zero-order chi connectivity index (χ0) is 14.4. The minimum atomic E-state index is -1.40. The van der Waals surface area contributed by atoms with Gasteiger partial charge in [-0.3, -0.25) is 4.79 Å². The molecule has 0 aliphatic carbocycles. The molecule has 2 N–H and O–H groups in total. The van der Waals surface area contributed by atoms with E-state index in [-0.39, 0.29) is 57.2 Å². The van der Waals surface area contributed by atoms with E-state index in [0.717, 1.165) is 0 Å². The number of hydrogen-bond acceptors (Lipinski definition) is 6. The third kappa shape index (κ3) is 5.86. The maximum Gasteiger partial charge on any atom is 1.00 e. The van der Waals surface area contributed by atoms with E-state index >= 15 is 0 Å². The van der Waals surface area contributed by atoms with Crippen LogP contribution in [0.4, 0.5) is 5.82 Å². The average molecular weight is 306 g/mol. The predicted octanol–water partition coefficient (Wildman–Crippen LogP) is -3.91. The molecule has 1 amide bonds. The quantitative estimate of drug-likeness (QED) is 0.520. The maximum atomic E-state index is 11.8. The van der Waals surface area contributed by atoms with Crippen molar-refractivity contribution >= 4 is 17.7 Å². The van der Waals surface area contributed by atoms with Crippen LogP contribution in [0.3, 0.4) is 0 Å². The molecule has 1 aromatic heterocycles. The van der Waals surface area contributed by atoms with Crippen molar-refractivity contribution in [1.29, 1.82) is 0 Å². The van der Waals surface area contributed by atoms with E-state index in [1.165, 1.54) is 7.11 Å². The number of ether oxygens (including phenoxy) is 1. The molecule has 7 nitrogen and oxygen atoms in total. The van der Waals surface area contributed by atoms with Crippen LogP contribution in [0.5, 0.6) is 5.75 Å². The van der Waals surface area contributed by atoms with Gasteiger partial charge in [-0.05, 0) is 19.1 Å². The summed E-state index contributed by atoms with van der Waals surface area (Å²) in [5.41, 5.74) is 0.663. The molecule has 20 heavy (non-hydrogen) atoms. The second-order valence-electron chi connectivity index (χ2n) is 3.95. The Bertz CT molecular complexity index is 481. The van der Waals surface area contributed by atoms with Gasteiger partial charge in [0, 0.05) is 18.1 Å². The number of aromatic nitrogens is 1. The number of amides is 1. The molecule has 0 aliphatic rings. The number of aryl methyl sites for hydroxylation is 1. The van der Waals surface area contributed by atoms with Crippen molar-refractivity contribution in [2.75, 3.05) is 19.0 Å². The molecule has 0 aromatic carbocycles. The SMILES string of the molecule is COc1ccc(C)nc1NC(=O)C(CO)CC(=O)[O-].[K+]. The number of rotatable bonds is 6. The summed E-state index contributed by atoms with van der Waals surface area (Å²) in [6.45, 7) is 1.15. The number of nitrogens with one attached hydrogen (secondary N) is 1. The van der Waals surface area contributed by atoms with Crippen LogP contribution in [0.25, 0.3) is 0 Å². The zero-order valence-electron chi connectivity index (χ0n) is 11.7. The van der Waals surface area contributed by atoms with E-state index in [9.17, 15) is 14.7 Å². The van der Waals surface area contributed by atoms with Crippen molar-refractivity contribution in [2.45, 2.75) is 13.3 Å². The van der Waals surface area contributed by atoms with Crippen LogP contribution in [0.15, 0.2) is 12.1 Å². The zero-order valence-corrected chi connectivity index (χ0v) is 14.8. The number of methoxy groups -OCH3 is 1. The van der Waals surface area contributed by atoms with Crippen molar-refractivity contribution < 1.29 is 75.9 Å². The number of pyridine rings is 1. The van der Waals surface area contributed by atoms with Gasteiger partial charge < -0.3 is 25.1 Å². The Morgan fingerprint density at radius 3 is 2.65 bits per heavy atom. The first-order valence-electron chi connectivity index (χ1n) is 5.61. The number of nitrogens with zero attached hydrogens (tertiary/aromatic N) is 1. The number of hydrogen-bond donors (Lipinski definition) is 2. The van der Waals surface area contributed by atoms with Crippen LogP contribution < -0.4 is 66.5 Å². The van der Waals surface area contributed by atoms with E-state index in [4.69, 9.17) is 9.84 Å². The van der Waals surface area contributed by atoms with Crippen LogP contribution in [-0.2, 0) is 9.59 Å². The third-order valence-electron chi connectivity index (χ3n) is 2.46. The fourth-order valence-corrected chi connectivity index (χ4v) is 1.46. The number of aliphatic hydroxyl groups is 1. The monoisotopic (exact) mass is 306 g/mol. The molecule has 1 unspecified atom stereocenters.